The molecule has 0 aliphatic heterocycles. The van der Waals surface area contributed by atoms with Crippen LogP contribution in [0.3, 0.4) is 0 Å². The van der Waals surface area contributed by atoms with E-state index in [0.29, 0.717) is 16.3 Å². The molecule has 24 heavy (non-hydrogen) atoms. The molecular formula is C18H22N2O3S. The molecule has 1 amide bonds. The van der Waals surface area contributed by atoms with Gasteiger partial charge in [-0.2, -0.15) is 0 Å². The normalized spacial score (nSPS) is 10.5. The number of benzene rings is 1. The highest BCUT2D eigenvalue weighted by atomic mass is 32.1. The van der Waals surface area contributed by atoms with Gasteiger partial charge < -0.3 is 10.1 Å². The molecule has 0 fully saturated rings. The summed E-state index contributed by atoms with van der Waals surface area (Å²) < 4.78 is 5.05. The van der Waals surface area contributed by atoms with E-state index in [9.17, 15) is 9.59 Å². The molecule has 0 spiro atoms. The molecule has 0 atom stereocenters. The van der Waals surface area contributed by atoms with Crippen molar-refractivity contribution in [1.29, 1.82) is 0 Å². The van der Waals surface area contributed by atoms with Gasteiger partial charge in [0.1, 0.15) is 4.88 Å². The van der Waals surface area contributed by atoms with Crippen LogP contribution in [0.5, 0.6) is 0 Å². The van der Waals surface area contributed by atoms with Crippen LogP contribution in [0, 0.1) is 13.8 Å². The molecule has 2 aromatic rings. The first-order valence-electron chi connectivity index (χ1n) is 7.99. The van der Waals surface area contributed by atoms with E-state index < -0.39 is 5.97 Å². The molecule has 0 aliphatic rings. The highest BCUT2D eigenvalue weighted by Crippen LogP contribution is 2.18. The number of ether oxygens (including phenoxy) is 1. The van der Waals surface area contributed by atoms with Gasteiger partial charge in [0, 0.05) is 5.69 Å². The number of rotatable bonds is 7. The largest absolute Gasteiger partial charge is 0.451 e. The third-order valence-corrected chi connectivity index (χ3v) is 4.53. The minimum absolute atomic E-state index is 0.313. The first-order valence-corrected chi connectivity index (χ1v) is 8.81. The number of hydrogen-bond donors (Lipinski definition) is 1. The summed E-state index contributed by atoms with van der Waals surface area (Å²) in [5, 5.41) is 3.52. The molecule has 0 saturated heterocycles. The van der Waals surface area contributed by atoms with Crippen molar-refractivity contribution in [2.75, 3.05) is 11.9 Å². The first kappa shape index (κ1) is 18.1. The Balaban J connectivity index is 1.82. The number of esters is 1. The van der Waals surface area contributed by atoms with E-state index in [1.165, 1.54) is 16.9 Å². The molecule has 1 N–H and O–H groups in total. The summed E-state index contributed by atoms with van der Waals surface area (Å²) in [5.74, 6) is -0.869. The van der Waals surface area contributed by atoms with Gasteiger partial charge in [-0.25, -0.2) is 9.78 Å². The van der Waals surface area contributed by atoms with E-state index in [-0.39, 0.29) is 12.5 Å². The lowest BCUT2D eigenvalue weighted by molar-refractivity contribution is -0.119. The number of thiazole rings is 1. The monoisotopic (exact) mass is 346 g/mol. The zero-order valence-corrected chi connectivity index (χ0v) is 15.0. The third-order valence-electron chi connectivity index (χ3n) is 3.48. The minimum Gasteiger partial charge on any atom is -0.451 e. The number of unbranched alkanes of at least 4 members (excludes halogenated alkanes) is 1. The van der Waals surface area contributed by atoms with Gasteiger partial charge in [0.2, 0.25) is 0 Å². The second kappa shape index (κ2) is 8.59. The number of carbonyl (C=O) groups excluding carboxylic acids is 2. The molecule has 128 valence electrons. The average molecular weight is 346 g/mol. The maximum absolute atomic E-state index is 11.9. The predicted molar refractivity (Wildman–Crippen MR) is 95.6 cm³/mol. The van der Waals surface area contributed by atoms with Crippen LogP contribution in [-0.2, 0) is 16.0 Å². The Morgan fingerprint density at radius 1 is 1.21 bits per heavy atom. The Morgan fingerprint density at radius 3 is 2.50 bits per heavy atom. The molecule has 1 aromatic carbocycles. The number of nitrogens with one attached hydrogen (secondary N) is 1. The van der Waals surface area contributed by atoms with Crippen LogP contribution in [0.4, 0.5) is 5.69 Å². The van der Waals surface area contributed by atoms with Gasteiger partial charge in [-0.3, -0.25) is 4.79 Å². The molecule has 0 radical (unpaired) electrons. The van der Waals surface area contributed by atoms with Gasteiger partial charge in [-0.1, -0.05) is 25.5 Å². The van der Waals surface area contributed by atoms with Gasteiger partial charge in [-0.15, -0.1) is 11.3 Å². The average Bonchev–Trinajstić information content (AvgIpc) is 2.90. The van der Waals surface area contributed by atoms with E-state index in [1.54, 1.807) is 6.92 Å². The maximum atomic E-state index is 11.9. The topological polar surface area (TPSA) is 68.3 Å². The van der Waals surface area contributed by atoms with Crippen LogP contribution in [0.25, 0.3) is 0 Å². The van der Waals surface area contributed by atoms with Gasteiger partial charge in [-0.05, 0) is 44.4 Å². The van der Waals surface area contributed by atoms with Crippen LogP contribution in [0.15, 0.2) is 24.3 Å². The van der Waals surface area contributed by atoms with Crippen LogP contribution in [0.1, 0.15) is 45.7 Å². The first-order chi connectivity index (χ1) is 11.5. The number of aryl methyl sites for hydroxylation is 3. The number of anilines is 1. The fourth-order valence-corrected chi connectivity index (χ4v) is 3.06. The van der Waals surface area contributed by atoms with Crippen LogP contribution >= 0.6 is 11.3 Å². The minimum atomic E-state index is -0.511. The van der Waals surface area contributed by atoms with E-state index in [1.807, 2.05) is 31.2 Å². The van der Waals surface area contributed by atoms with E-state index >= 15 is 0 Å². The maximum Gasteiger partial charge on any atom is 0.350 e. The standard InChI is InChI=1S/C18H22N2O3S/c1-4-5-6-14-7-9-15(10-8-14)20-16(21)11-23-18(22)17-12(2)19-13(3)24-17/h7-10H,4-6,11H2,1-3H3,(H,20,21). The summed E-state index contributed by atoms with van der Waals surface area (Å²) >= 11 is 1.27. The zero-order chi connectivity index (χ0) is 17.5. The molecule has 0 saturated carbocycles. The molecule has 0 unspecified atom stereocenters. The highest BCUT2D eigenvalue weighted by Gasteiger charge is 2.16. The van der Waals surface area contributed by atoms with Crippen molar-refractivity contribution in [1.82, 2.24) is 4.98 Å². The van der Waals surface area contributed by atoms with Crippen molar-refractivity contribution < 1.29 is 14.3 Å². The summed E-state index contributed by atoms with van der Waals surface area (Å²) in [6.45, 7) is 5.42. The Bertz CT molecular complexity index is 708. The molecule has 6 heteroatoms. The lowest BCUT2D eigenvalue weighted by atomic mass is 10.1. The Kier molecular flexibility index (Phi) is 6.49. The summed E-state index contributed by atoms with van der Waals surface area (Å²) in [6.07, 6.45) is 3.34. The second-order valence-electron chi connectivity index (χ2n) is 5.57. The Labute approximate surface area is 146 Å². The van der Waals surface area contributed by atoms with E-state index in [0.717, 1.165) is 24.3 Å². The Morgan fingerprint density at radius 2 is 1.92 bits per heavy atom. The molecule has 2 rings (SSSR count). The molecular weight excluding hydrogens is 324 g/mol. The summed E-state index contributed by atoms with van der Waals surface area (Å²) in [5.41, 5.74) is 2.57. The van der Waals surface area contributed by atoms with Gasteiger partial charge in [0.05, 0.1) is 10.7 Å². The van der Waals surface area contributed by atoms with Gasteiger partial charge in [0.15, 0.2) is 6.61 Å². The van der Waals surface area contributed by atoms with E-state index in [2.05, 4.69) is 17.2 Å². The fourth-order valence-electron chi connectivity index (χ4n) is 2.25. The van der Waals surface area contributed by atoms with Gasteiger partial charge >= 0.3 is 5.97 Å². The fraction of sp³-hybridized carbons (Fsp3) is 0.389. The number of hydrogen-bond acceptors (Lipinski definition) is 5. The lowest BCUT2D eigenvalue weighted by Gasteiger charge is -2.07. The van der Waals surface area contributed by atoms with Gasteiger partial charge in [0.25, 0.3) is 5.91 Å². The molecule has 0 aliphatic carbocycles. The lowest BCUT2D eigenvalue weighted by Crippen LogP contribution is -2.20. The van der Waals surface area contributed by atoms with Crippen molar-refractivity contribution in [2.24, 2.45) is 0 Å². The smallest absolute Gasteiger partial charge is 0.350 e. The molecule has 1 heterocycles. The van der Waals surface area contributed by atoms with Crippen LogP contribution in [-0.4, -0.2) is 23.5 Å². The third kappa shape index (κ3) is 5.16. The number of nitrogens with zero attached hydrogens (tertiary/aromatic N) is 1. The van der Waals surface area contributed by atoms with Crippen molar-refractivity contribution >= 4 is 28.9 Å². The summed E-state index contributed by atoms with van der Waals surface area (Å²) in [4.78, 5) is 28.5. The number of amides is 1. The van der Waals surface area contributed by atoms with Crippen molar-refractivity contribution in [3.8, 4) is 0 Å². The Hall–Kier alpha value is -2.21. The SMILES string of the molecule is CCCCc1ccc(NC(=O)COC(=O)c2sc(C)nc2C)cc1. The van der Waals surface area contributed by atoms with E-state index in [4.69, 9.17) is 4.74 Å². The second-order valence-corrected chi connectivity index (χ2v) is 6.78. The number of carbonyl (C=O) groups is 2. The van der Waals surface area contributed by atoms with Crippen molar-refractivity contribution in [2.45, 2.75) is 40.0 Å². The zero-order valence-electron chi connectivity index (χ0n) is 14.2. The molecule has 1 aromatic heterocycles. The van der Waals surface area contributed by atoms with Crippen LogP contribution in [0.2, 0.25) is 0 Å². The molecule has 5 nitrogen and oxygen atoms in total. The molecule has 0 bridgehead atoms. The predicted octanol–water partition coefficient (Wildman–Crippen LogP) is 3.90. The van der Waals surface area contributed by atoms with Crippen molar-refractivity contribution in [3.05, 3.63) is 45.4 Å². The van der Waals surface area contributed by atoms with Crippen molar-refractivity contribution in [3.63, 3.8) is 0 Å². The summed E-state index contributed by atoms with van der Waals surface area (Å²) in [6, 6.07) is 7.73. The number of aromatic nitrogens is 1. The highest BCUT2D eigenvalue weighted by molar-refractivity contribution is 7.13. The quantitative estimate of drug-likeness (QED) is 0.772. The summed E-state index contributed by atoms with van der Waals surface area (Å²) in [7, 11) is 0. The van der Waals surface area contributed by atoms with Crippen LogP contribution < -0.4 is 5.32 Å².